The fourth-order valence-electron chi connectivity index (χ4n) is 2.26. The highest BCUT2D eigenvalue weighted by molar-refractivity contribution is 7.89. The average molecular weight is 429 g/mol. The van der Waals surface area contributed by atoms with E-state index in [-0.39, 0.29) is 28.8 Å². The minimum absolute atomic E-state index is 0.0241. The van der Waals surface area contributed by atoms with E-state index in [1.165, 1.54) is 51.5 Å². The summed E-state index contributed by atoms with van der Waals surface area (Å²) in [6.45, 7) is -3.02. The number of nitrogens with two attached hydrogens (primary N) is 1. The fourth-order valence-corrected chi connectivity index (χ4v) is 3.23. The van der Waals surface area contributed by atoms with Gasteiger partial charge in [0.1, 0.15) is 6.61 Å². The van der Waals surface area contributed by atoms with Crippen LogP contribution in [0.15, 0.2) is 52.5 Å². The van der Waals surface area contributed by atoms with E-state index in [0.29, 0.717) is 11.1 Å². The third-order valence-corrected chi connectivity index (χ3v) is 5.56. The molecule has 0 aliphatic heterocycles. The zero-order valence-electron chi connectivity index (χ0n) is 16.0. The SMILES string of the molecule is COc1cc(/C(N)=N/OCc2cccc(S(=O)(=O)N(C)C)c2)ccc1OC(F)F. The van der Waals surface area contributed by atoms with E-state index in [0.717, 1.165) is 4.31 Å². The normalized spacial score (nSPS) is 12.3. The molecule has 2 aromatic rings. The third kappa shape index (κ3) is 5.78. The third-order valence-electron chi connectivity index (χ3n) is 3.75. The molecule has 0 bridgehead atoms. The molecule has 11 heteroatoms. The van der Waals surface area contributed by atoms with Crippen molar-refractivity contribution in [2.45, 2.75) is 18.1 Å². The van der Waals surface area contributed by atoms with Crippen molar-refractivity contribution in [3.8, 4) is 11.5 Å². The number of hydrogen-bond acceptors (Lipinski definition) is 6. The molecule has 2 N–H and O–H groups in total. The molecule has 2 aromatic carbocycles. The molecule has 0 unspecified atom stereocenters. The number of rotatable bonds is 9. The van der Waals surface area contributed by atoms with Gasteiger partial charge in [-0.15, -0.1) is 0 Å². The molecule has 0 aliphatic carbocycles. The van der Waals surface area contributed by atoms with Gasteiger partial charge in [0.15, 0.2) is 17.3 Å². The van der Waals surface area contributed by atoms with Crippen molar-refractivity contribution in [3.63, 3.8) is 0 Å². The molecule has 2 rings (SSSR count). The number of hydrogen-bond donors (Lipinski definition) is 1. The van der Waals surface area contributed by atoms with Gasteiger partial charge in [0, 0.05) is 19.7 Å². The first-order chi connectivity index (χ1) is 13.6. The zero-order valence-corrected chi connectivity index (χ0v) is 16.8. The Hall–Kier alpha value is -2.92. The lowest BCUT2D eigenvalue weighted by molar-refractivity contribution is -0.0512. The second kappa shape index (κ2) is 9.52. The molecule has 0 heterocycles. The first-order valence-corrected chi connectivity index (χ1v) is 9.69. The summed E-state index contributed by atoms with van der Waals surface area (Å²) < 4.78 is 59.6. The second-order valence-corrected chi connectivity index (χ2v) is 8.08. The van der Waals surface area contributed by atoms with Crippen molar-refractivity contribution in [1.29, 1.82) is 0 Å². The summed E-state index contributed by atoms with van der Waals surface area (Å²) in [5.74, 6) is -0.106. The Kier molecular flexibility index (Phi) is 7.35. The van der Waals surface area contributed by atoms with Crippen LogP contribution in [0.25, 0.3) is 0 Å². The van der Waals surface area contributed by atoms with Crippen LogP contribution in [0.5, 0.6) is 11.5 Å². The van der Waals surface area contributed by atoms with Crippen LogP contribution < -0.4 is 15.2 Å². The molecule has 0 saturated heterocycles. The predicted molar refractivity (Wildman–Crippen MR) is 102 cm³/mol. The van der Waals surface area contributed by atoms with Gasteiger partial charge in [0.25, 0.3) is 0 Å². The van der Waals surface area contributed by atoms with Crippen molar-refractivity contribution in [2.24, 2.45) is 10.9 Å². The highest BCUT2D eigenvalue weighted by Gasteiger charge is 2.17. The molecule has 0 radical (unpaired) electrons. The molecule has 0 saturated carbocycles. The molecule has 0 spiro atoms. The fraction of sp³-hybridized carbons (Fsp3) is 0.278. The first kappa shape index (κ1) is 22.4. The van der Waals surface area contributed by atoms with Crippen molar-refractivity contribution in [1.82, 2.24) is 4.31 Å². The first-order valence-electron chi connectivity index (χ1n) is 8.25. The van der Waals surface area contributed by atoms with Crippen LogP contribution in [-0.2, 0) is 21.5 Å². The van der Waals surface area contributed by atoms with Gasteiger partial charge in [0.05, 0.1) is 12.0 Å². The quantitative estimate of drug-likeness (QED) is 0.373. The predicted octanol–water partition coefficient (Wildman–Crippen LogP) is 2.38. The van der Waals surface area contributed by atoms with Crippen LogP contribution >= 0.6 is 0 Å². The summed E-state index contributed by atoms with van der Waals surface area (Å²) in [6, 6.07) is 10.3. The van der Waals surface area contributed by atoms with Gasteiger partial charge >= 0.3 is 6.61 Å². The number of sulfonamides is 1. The average Bonchev–Trinajstić information content (AvgIpc) is 2.67. The van der Waals surface area contributed by atoms with Crippen LogP contribution in [0.1, 0.15) is 11.1 Å². The Bertz CT molecular complexity index is 981. The summed E-state index contributed by atoms with van der Waals surface area (Å²) in [4.78, 5) is 5.32. The largest absolute Gasteiger partial charge is 0.493 e. The number of amidine groups is 1. The van der Waals surface area contributed by atoms with Gasteiger partial charge in [-0.05, 0) is 35.9 Å². The van der Waals surface area contributed by atoms with Gasteiger partial charge in [-0.25, -0.2) is 12.7 Å². The molecular weight excluding hydrogens is 408 g/mol. The van der Waals surface area contributed by atoms with Gasteiger partial charge in [0.2, 0.25) is 10.0 Å². The summed E-state index contributed by atoms with van der Waals surface area (Å²) in [5, 5.41) is 3.77. The summed E-state index contributed by atoms with van der Waals surface area (Å²) in [7, 11) is 0.615. The van der Waals surface area contributed by atoms with Crippen LogP contribution in [-0.4, -0.2) is 46.4 Å². The topological polar surface area (TPSA) is 103 Å². The van der Waals surface area contributed by atoms with Crippen molar-refractivity contribution in [2.75, 3.05) is 21.2 Å². The molecule has 0 aliphatic rings. The monoisotopic (exact) mass is 429 g/mol. The summed E-state index contributed by atoms with van der Waals surface area (Å²) in [6.07, 6.45) is 0. The highest BCUT2D eigenvalue weighted by atomic mass is 32.2. The van der Waals surface area contributed by atoms with Gasteiger partial charge in [-0.3, -0.25) is 0 Å². The van der Waals surface area contributed by atoms with E-state index in [1.807, 2.05) is 0 Å². The van der Waals surface area contributed by atoms with E-state index >= 15 is 0 Å². The Morgan fingerprint density at radius 2 is 1.90 bits per heavy atom. The van der Waals surface area contributed by atoms with E-state index < -0.39 is 16.6 Å². The van der Waals surface area contributed by atoms with Crippen LogP contribution in [0.3, 0.4) is 0 Å². The maximum atomic E-state index is 12.4. The van der Waals surface area contributed by atoms with Gasteiger partial charge < -0.3 is 20.0 Å². The smallest absolute Gasteiger partial charge is 0.387 e. The molecule has 0 aromatic heterocycles. The summed E-state index contributed by atoms with van der Waals surface area (Å²) in [5.41, 5.74) is 6.79. The Morgan fingerprint density at radius 3 is 2.52 bits per heavy atom. The Balaban J connectivity index is 2.11. The lowest BCUT2D eigenvalue weighted by Gasteiger charge is -2.12. The standard InChI is InChI=1S/C18H21F2N3O5S/c1-23(2)29(24,25)14-6-4-5-12(9-14)11-27-22-17(21)13-7-8-15(28-18(19)20)16(10-13)26-3/h4-10,18H,11H2,1-3H3,(H2,21,22). The van der Waals surface area contributed by atoms with E-state index in [1.54, 1.807) is 12.1 Å². The molecule has 29 heavy (non-hydrogen) atoms. The zero-order chi connectivity index (χ0) is 21.6. The Labute approximate surface area is 167 Å². The number of benzene rings is 2. The molecule has 8 nitrogen and oxygen atoms in total. The molecule has 0 amide bonds. The van der Waals surface area contributed by atoms with E-state index in [9.17, 15) is 17.2 Å². The lowest BCUT2D eigenvalue weighted by Crippen LogP contribution is -2.22. The maximum absolute atomic E-state index is 12.4. The molecule has 0 fully saturated rings. The summed E-state index contributed by atoms with van der Waals surface area (Å²) >= 11 is 0. The molecule has 158 valence electrons. The number of halogens is 2. The van der Waals surface area contributed by atoms with E-state index in [2.05, 4.69) is 9.89 Å². The van der Waals surface area contributed by atoms with E-state index in [4.69, 9.17) is 15.3 Å². The Morgan fingerprint density at radius 1 is 1.17 bits per heavy atom. The lowest BCUT2D eigenvalue weighted by atomic mass is 10.2. The van der Waals surface area contributed by atoms with Crippen LogP contribution in [0.4, 0.5) is 8.78 Å². The minimum Gasteiger partial charge on any atom is -0.493 e. The number of alkyl halides is 2. The van der Waals surface area contributed by atoms with Gasteiger partial charge in [-0.1, -0.05) is 17.3 Å². The molecule has 0 atom stereocenters. The van der Waals surface area contributed by atoms with Crippen molar-refractivity contribution >= 4 is 15.9 Å². The van der Waals surface area contributed by atoms with Crippen molar-refractivity contribution in [3.05, 3.63) is 53.6 Å². The van der Waals surface area contributed by atoms with Crippen LogP contribution in [0, 0.1) is 0 Å². The van der Waals surface area contributed by atoms with Gasteiger partial charge in [-0.2, -0.15) is 8.78 Å². The number of methoxy groups -OCH3 is 1. The number of nitrogens with zero attached hydrogens (tertiary/aromatic N) is 2. The van der Waals surface area contributed by atoms with Crippen molar-refractivity contribution < 1.29 is 31.5 Å². The second-order valence-electron chi connectivity index (χ2n) is 5.93. The van der Waals surface area contributed by atoms with Crippen LogP contribution in [0.2, 0.25) is 0 Å². The maximum Gasteiger partial charge on any atom is 0.387 e. The molecular formula is C18H21F2N3O5S. The number of oxime groups is 1. The highest BCUT2D eigenvalue weighted by Crippen LogP contribution is 2.29. The minimum atomic E-state index is -3.57. The number of ether oxygens (including phenoxy) is 2.